The molecule has 2 N–H and O–H groups in total. The first-order valence-corrected chi connectivity index (χ1v) is 8.10. The Morgan fingerprint density at radius 3 is 2.79 bits per heavy atom. The van der Waals surface area contributed by atoms with Gasteiger partial charge in [0.15, 0.2) is 0 Å². The highest BCUT2D eigenvalue weighted by Crippen LogP contribution is 2.20. The van der Waals surface area contributed by atoms with Gasteiger partial charge in [0.25, 0.3) is 0 Å². The smallest absolute Gasteiger partial charge is 0.243 e. The van der Waals surface area contributed by atoms with Gasteiger partial charge in [-0.05, 0) is 17.5 Å². The van der Waals surface area contributed by atoms with Gasteiger partial charge in [0, 0.05) is 30.2 Å². The predicted molar refractivity (Wildman–Crippen MR) is 76.2 cm³/mol. The van der Waals surface area contributed by atoms with E-state index < -0.39 is 10.0 Å². The van der Waals surface area contributed by atoms with Crippen molar-refractivity contribution in [1.82, 2.24) is 9.29 Å². The van der Waals surface area contributed by atoms with Crippen molar-refractivity contribution in [3.05, 3.63) is 40.7 Å². The Balaban J connectivity index is 2.31. The minimum Gasteiger partial charge on any atom is -0.384 e. The maximum atomic E-state index is 12.5. The van der Waals surface area contributed by atoms with Gasteiger partial charge in [-0.25, -0.2) is 13.4 Å². The molecule has 0 aromatic carbocycles. The summed E-state index contributed by atoms with van der Waals surface area (Å²) in [6.45, 7) is 2.59. The van der Waals surface area contributed by atoms with E-state index in [0.717, 1.165) is 4.88 Å². The van der Waals surface area contributed by atoms with E-state index in [2.05, 4.69) is 4.98 Å². The Kier molecular flexibility index (Phi) is 4.18. The molecule has 5 nitrogen and oxygen atoms in total. The molecule has 19 heavy (non-hydrogen) atoms. The quantitative estimate of drug-likeness (QED) is 0.915. The molecule has 0 amide bonds. The molecule has 0 atom stereocenters. The number of hydrogen-bond acceptors (Lipinski definition) is 5. The number of nitrogens with two attached hydrogens (primary N) is 1. The predicted octanol–water partition coefficient (Wildman–Crippen LogP) is 1.94. The van der Waals surface area contributed by atoms with Crippen molar-refractivity contribution >= 4 is 27.2 Å². The van der Waals surface area contributed by atoms with Gasteiger partial charge in [-0.15, -0.1) is 11.3 Å². The summed E-state index contributed by atoms with van der Waals surface area (Å²) in [5.41, 5.74) is 5.54. The van der Waals surface area contributed by atoms with Gasteiger partial charge < -0.3 is 5.73 Å². The molecule has 0 fully saturated rings. The Morgan fingerprint density at radius 1 is 1.42 bits per heavy atom. The van der Waals surface area contributed by atoms with Crippen molar-refractivity contribution in [3.63, 3.8) is 0 Å². The van der Waals surface area contributed by atoms with E-state index in [9.17, 15) is 8.42 Å². The molecule has 2 aromatic rings. The van der Waals surface area contributed by atoms with Gasteiger partial charge in [-0.2, -0.15) is 4.31 Å². The number of anilines is 1. The van der Waals surface area contributed by atoms with Crippen LogP contribution in [0.25, 0.3) is 0 Å². The van der Waals surface area contributed by atoms with Crippen LogP contribution in [-0.2, 0) is 16.6 Å². The molecule has 0 bridgehead atoms. The number of pyridine rings is 1. The largest absolute Gasteiger partial charge is 0.384 e. The fourth-order valence-electron chi connectivity index (χ4n) is 1.68. The first-order chi connectivity index (χ1) is 9.04. The molecule has 7 heteroatoms. The minimum atomic E-state index is -3.53. The van der Waals surface area contributed by atoms with Crippen LogP contribution in [0.3, 0.4) is 0 Å². The van der Waals surface area contributed by atoms with Crippen molar-refractivity contribution in [2.45, 2.75) is 18.4 Å². The summed E-state index contributed by atoms with van der Waals surface area (Å²) in [6.07, 6.45) is 1.40. The van der Waals surface area contributed by atoms with Crippen LogP contribution in [0, 0.1) is 0 Å². The minimum absolute atomic E-state index is 0.179. The van der Waals surface area contributed by atoms with E-state index in [1.807, 2.05) is 24.4 Å². The van der Waals surface area contributed by atoms with E-state index in [0.29, 0.717) is 13.1 Å². The third-order valence-electron chi connectivity index (χ3n) is 2.66. The lowest BCUT2D eigenvalue weighted by molar-refractivity contribution is 0.426. The van der Waals surface area contributed by atoms with Crippen molar-refractivity contribution in [2.75, 3.05) is 12.3 Å². The lowest BCUT2D eigenvalue weighted by atomic mass is 10.4. The Labute approximate surface area is 116 Å². The standard InChI is InChI=1S/C12H15N3O2S2/c1-2-15(9-10-4-3-7-18-10)19(16,17)11-5-6-14-12(13)8-11/h3-8H,2,9H2,1H3,(H2,13,14). The van der Waals surface area contributed by atoms with E-state index in [-0.39, 0.29) is 10.7 Å². The molecule has 0 aliphatic heterocycles. The van der Waals surface area contributed by atoms with Crippen LogP contribution in [0.4, 0.5) is 5.82 Å². The van der Waals surface area contributed by atoms with Crippen LogP contribution < -0.4 is 5.73 Å². The number of rotatable bonds is 5. The maximum absolute atomic E-state index is 12.5. The number of sulfonamides is 1. The molecule has 2 aromatic heterocycles. The van der Waals surface area contributed by atoms with E-state index in [1.54, 1.807) is 0 Å². The molecule has 2 rings (SSSR count). The molecule has 0 radical (unpaired) electrons. The zero-order valence-corrected chi connectivity index (χ0v) is 12.1. The van der Waals surface area contributed by atoms with Gasteiger partial charge in [0.05, 0.1) is 4.90 Å². The molecule has 0 spiro atoms. The molecule has 0 aliphatic rings. The van der Waals surface area contributed by atoms with Crippen LogP contribution in [0.5, 0.6) is 0 Å². The second-order valence-electron chi connectivity index (χ2n) is 3.93. The average Bonchev–Trinajstić information content (AvgIpc) is 2.88. The maximum Gasteiger partial charge on any atom is 0.243 e. The first-order valence-electron chi connectivity index (χ1n) is 5.78. The lowest BCUT2D eigenvalue weighted by Crippen LogP contribution is -2.30. The SMILES string of the molecule is CCN(Cc1cccs1)S(=O)(=O)c1ccnc(N)c1. The molecule has 0 saturated carbocycles. The number of nitrogens with zero attached hydrogens (tertiary/aromatic N) is 2. The topological polar surface area (TPSA) is 76.3 Å². The normalized spacial score (nSPS) is 11.9. The Morgan fingerprint density at radius 2 is 2.21 bits per heavy atom. The highest BCUT2D eigenvalue weighted by Gasteiger charge is 2.23. The average molecular weight is 297 g/mol. The summed E-state index contributed by atoms with van der Waals surface area (Å²) < 4.78 is 26.4. The number of hydrogen-bond donors (Lipinski definition) is 1. The summed E-state index contributed by atoms with van der Waals surface area (Å²) in [6, 6.07) is 6.67. The number of nitrogen functional groups attached to an aromatic ring is 1. The Bertz CT molecular complexity index is 639. The fraction of sp³-hybridized carbons (Fsp3) is 0.250. The first kappa shape index (κ1) is 14.0. The fourth-order valence-corrected chi connectivity index (χ4v) is 3.93. The highest BCUT2D eigenvalue weighted by molar-refractivity contribution is 7.89. The monoisotopic (exact) mass is 297 g/mol. The third-order valence-corrected chi connectivity index (χ3v) is 5.43. The van der Waals surface area contributed by atoms with Crippen molar-refractivity contribution in [2.24, 2.45) is 0 Å². The van der Waals surface area contributed by atoms with Gasteiger partial charge in [-0.3, -0.25) is 0 Å². The Hall–Kier alpha value is -1.44. The molecule has 2 heterocycles. The number of thiophene rings is 1. The second kappa shape index (κ2) is 5.68. The van der Waals surface area contributed by atoms with Crippen LogP contribution in [0.1, 0.15) is 11.8 Å². The molecule has 0 aliphatic carbocycles. The van der Waals surface area contributed by atoms with E-state index in [1.165, 1.54) is 34.0 Å². The van der Waals surface area contributed by atoms with Gasteiger partial charge in [-0.1, -0.05) is 13.0 Å². The third kappa shape index (κ3) is 3.12. The van der Waals surface area contributed by atoms with Crippen molar-refractivity contribution < 1.29 is 8.42 Å². The van der Waals surface area contributed by atoms with Crippen LogP contribution >= 0.6 is 11.3 Å². The molecule has 0 unspecified atom stereocenters. The lowest BCUT2D eigenvalue weighted by Gasteiger charge is -2.19. The van der Waals surface area contributed by atoms with Gasteiger partial charge in [0.2, 0.25) is 10.0 Å². The van der Waals surface area contributed by atoms with Crippen molar-refractivity contribution in [3.8, 4) is 0 Å². The second-order valence-corrected chi connectivity index (χ2v) is 6.90. The summed E-state index contributed by atoms with van der Waals surface area (Å²) >= 11 is 1.54. The summed E-state index contributed by atoms with van der Waals surface area (Å²) in [5, 5.41) is 1.93. The van der Waals surface area contributed by atoms with Crippen molar-refractivity contribution in [1.29, 1.82) is 0 Å². The summed E-state index contributed by atoms with van der Waals surface area (Å²) in [5.74, 6) is 0.202. The van der Waals surface area contributed by atoms with Crippen LogP contribution in [0.15, 0.2) is 40.7 Å². The van der Waals surface area contributed by atoms with Crippen LogP contribution in [-0.4, -0.2) is 24.3 Å². The summed E-state index contributed by atoms with van der Waals surface area (Å²) in [4.78, 5) is 5.00. The van der Waals surface area contributed by atoms with E-state index >= 15 is 0 Å². The highest BCUT2D eigenvalue weighted by atomic mass is 32.2. The number of aromatic nitrogens is 1. The van der Waals surface area contributed by atoms with Crippen LogP contribution in [0.2, 0.25) is 0 Å². The molecular formula is C12H15N3O2S2. The molecule has 102 valence electrons. The zero-order chi connectivity index (χ0) is 13.9. The molecule has 0 saturated heterocycles. The molecular weight excluding hydrogens is 282 g/mol. The van der Waals surface area contributed by atoms with Gasteiger partial charge in [0.1, 0.15) is 5.82 Å². The van der Waals surface area contributed by atoms with E-state index in [4.69, 9.17) is 5.73 Å². The van der Waals surface area contributed by atoms with Gasteiger partial charge >= 0.3 is 0 Å². The summed E-state index contributed by atoms with van der Waals surface area (Å²) in [7, 11) is -3.53. The zero-order valence-electron chi connectivity index (χ0n) is 10.5.